The molecular weight excluding hydrogens is 1300 g/mol. The molecule has 5 rings (SSSR count). The van der Waals surface area contributed by atoms with E-state index in [1.54, 1.807) is 34.5 Å². The molecule has 21 heteroatoms. The zero-order valence-corrected chi connectivity index (χ0v) is 49.6. The molecule has 2 aliphatic carbocycles. The minimum atomic E-state index is -1.24. The Kier molecular flexibility index (Phi) is 37.6. The van der Waals surface area contributed by atoms with E-state index in [9.17, 15) is 4.20 Å². The van der Waals surface area contributed by atoms with Crippen LogP contribution in [-0.4, -0.2) is 39.3 Å². The molecule has 8 nitrogen and oxygen atoms in total. The molecule has 4 N–H and O–H groups in total. The number of aryl methyl sites for hydroxylation is 3. The molecule has 0 aliphatic heterocycles. The zero-order valence-electron chi connectivity index (χ0n) is 37.0. The van der Waals surface area contributed by atoms with Gasteiger partial charge in [0.25, 0.3) is 0 Å². The van der Waals surface area contributed by atoms with Crippen LogP contribution < -0.4 is 25.7 Å². The molecule has 0 spiro atoms. The second-order valence-corrected chi connectivity index (χ2v) is 23.3. The van der Waals surface area contributed by atoms with Crippen molar-refractivity contribution in [2.45, 2.75) is 97.8 Å². The van der Waals surface area contributed by atoms with Gasteiger partial charge in [-0.1, -0.05) is 123 Å². The van der Waals surface area contributed by atoms with Gasteiger partial charge in [0, 0.05) is 41.9 Å². The number of benzene rings is 3. The molecule has 0 aromatic heterocycles. The first-order valence-electron chi connectivity index (χ1n) is 18.8. The van der Waals surface area contributed by atoms with E-state index in [0.29, 0.717) is 39.3 Å². The molecule has 3 aromatic rings. The maximum atomic E-state index is 13.9. The van der Waals surface area contributed by atoms with Crippen molar-refractivity contribution in [1.82, 2.24) is 0 Å². The standard InChI is InChI=1S/C10H20FP.C8H8BrClN2O.C8H8BrClO.C8H10BrNO.C8H12ClNO.3ClH.Cu.Pd/c1-10(2,3)12(11)9-7-5-4-6-8-9;1-5-3-6(9)4-7(13-2)8(5)11-12-10;2*1-5-3-6(9)4-7(11-2)8(5)10;1-5-3-6(10)4-7(11-2)8(5)9;;;;;/h9H,4-8H2,1-3H3;3-4H,1-2H3;3-4H,1-2H3;3-4H,10H2,1-2H3;4-5H,3,10H2,1-2H3;3*1H;;/q;;;;;;;;+1;+2/p-3. The van der Waals surface area contributed by atoms with Crippen LogP contribution in [0.5, 0.6) is 17.2 Å². The predicted octanol–water partition coefficient (Wildman–Crippen LogP) is 18.3. The summed E-state index contributed by atoms with van der Waals surface area (Å²) in [4.78, 5) is 0. The van der Waals surface area contributed by atoms with Gasteiger partial charge in [-0.05, 0) is 93.1 Å². The quantitative estimate of drug-likeness (QED) is 0.110. The van der Waals surface area contributed by atoms with Crippen molar-refractivity contribution < 1.29 is 54.2 Å². The first kappa shape index (κ1) is 65.3. The molecule has 2 unspecified atom stereocenters. The van der Waals surface area contributed by atoms with Gasteiger partial charge in [0.1, 0.15) is 28.7 Å². The van der Waals surface area contributed by atoms with Crippen LogP contribution in [0, 0.1) is 26.7 Å². The number of anilines is 1. The summed E-state index contributed by atoms with van der Waals surface area (Å²) in [6, 6.07) is 11.3. The number of ether oxygens (including phenoxy) is 4. The number of nitrogens with zero attached hydrogens (tertiary/aromatic N) is 2. The van der Waals surface area contributed by atoms with Gasteiger partial charge in [-0.15, -0.1) is 5.11 Å². The van der Waals surface area contributed by atoms with E-state index < -0.39 is 8.23 Å². The number of nitrogen functional groups attached to an aromatic ring is 1. The van der Waals surface area contributed by atoms with Crippen molar-refractivity contribution in [2.24, 2.45) is 21.4 Å². The zero-order chi connectivity index (χ0) is 49.0. The number of hydrogen-bond donors (Lipinski definition) is 2. The van der Waals surface area contributed by atoms with Crippen molar-refractivity contribution in [3.63, 3.8) is 0 Å². The van der Waals surface area contributed by atoms with Gasteiger partial charge < -0.3 is 30.4 Å². The molecule has 63 heavy (non-hydrogen) atoms. The van der Waals surface area contributed by atoms with Crippen LogP contribution in [0.2, 0.25) is 5.02 Å². The van der Waals surface area contributed by atoms with E-state index in [4.69, 9.17) is 84.5 Å². The fourth-order valence-electron chi connectivity index (χ4n) is 5.76. The Labute approximate surface area is 445 Å². The summed E-state index contributed by atoms with van der Waals surface area (Å²) in [6.45, 7) is 13.9. The predicted molar refractivity (Wildman–Crippen MR) is 274 cm³/mol. The van der Waals surface area contributed by atoms with Gasteiger partial charge in [-0.25, -0.2) is 4.20 Å². The van der Waals surface area contributed by atoms with Crippen molar-refractivity contribution in [3.8, 4) is 17.2 Å². The number of halogens is 10. The fraction of sp³-hybridized carbons (Fsp3) is 0.476. The SMILES string of the molecule is CC(C)(C)P(F)C1CCCCC1.COC1=C(Cl)C(C)CC(N)=C1.COc1cc(Br)cc(C)c1Cl.COc1cc(Br)cc(C)c1N.COc1cc(Br)cc(C)c1N=NCl.[Cl][Cu].[Cl][Pd][Cl]. The van der Waals surface area contributed by atoms with Crippen LogP contribution in [-0.2, 0) is 35.8 Å². The Morgan fingerprint density at radius 2 is 1.21 bits per heavy atom. The van der Waals surface area contributed by atoms with Crippen molar-refractivity contribution >= 4 is 132 Å². The second-order valence-electron chi connectivity index (χ2n) is 14.6. The van der Waals surface area contributed by atoms with Gasteiger partial charge in [0.05, 0.1) is 64.2 Å². The first-order valence-corrected chi connectivity index (χ1v) is 28.9. The van der Waals surface area contributed by atoms with E-state index in [0.717, 1.165) is 65.8 Å². The molecule has 2 atom stereocenters. The summed E-state index contributed by atoms with van der Waals surface area (Å²) in [6.07, 6.45) is 8.71. The van der Waals surface area contributed by atoms with Gasteiger partial charge in [0.2, 0.25) is 0 Å². The summed E-state index contributed by atoms with van der Waals surface area (Å²) in [5, 5.41) is 5.12. The number of rotatable bonds is 6. The topological polar surface area (TPSA) is 114 Å². The Balaban J connectivity index is 0. The summed E-state index contributed by atoms with van der Waals surface area (Å²) in [5.41, 5.74) is 16.9. The van der Waals surface area contributed by atoms with E-state index in [-0.39, 0.29) is 27.0 Å². The van der Waals surface area contributed by atoms with E-state index in [2.05, 4.69) is 82.7 Å². The first-order chi connectivity index (χ1) is 29.6. The average molecular weight is 1360 g/mol. The van der Waals surface area contributed by atoms with Crippen LogP contribution in [0.3, 0.4) is 0 Å². The van der Waals surface area contributed by atoms with E-state index in [1.807, 2.05) is 84.9 Å². The molecule has 0 amide bonds. The minimum absolute atomic E-state index is 0.0860. The Bertz CT molecular complexity index is 1840. The Morgan fingerprint density at radius 1 is 0.762 bits per heavy atom. The molecule has 2 aliphatic rings. The van der Waals surface area contributed by atoms with Crippen molar-refractivity contribution in [2.75, 3.05) is 34.2 Å². The fourth-order valence-corrected chi connectivity index (χ4v) is 9.79. The molecular formula is C42H58Br3Cl6CuFN4O4PPd. The maximum absolute atomic E-state index is 13.9. The Hall–Kier alpha value is 0.262. The van der Waals surface area contributed by atoms with Crippen molar-refractivity contribution in [3.05, 3.63) is 94.1 Å². The average Bonchev–Trinajstić information content (AvgIpc) is 3.24. The van der Waals surface area contributed by atoms with Crippen LogP contribution in [0.1, 0.15) is 82.9 Å². The van der Waals surface area contributed by atoms with Crippen LogP contribution in [0.25, 0.3) is 0 Å². The van der Waals surface area contributed by atoms with Crippen LogP contribution in [0.4, 0.5) is 15.6 Å². The molecule has 0 heterocycles. The molecule has 1 fully saturated rings. The molecule has 0 saturated heterocycles. The third-order valence-corrected chi connectivity index (χ3v) is 13.7. The van der Waals surface area contributed by atoms with Gasteiger partial charge in [0.15, 0.2) is 0 Å². The van der Waals surface area contributed by atoms with Gasteiger partial charge in [-0.3, -0.25) is 0 Å². The van der Waals surface area contributed by atoms with E-state index >= 15 is 0 Å². The number of methoxy groups -OCH3 is 4. The van der Waals surface area contributed by atoms with Crippen LogP contribution >= 0.6 is 120 Å². The van der Waals surface area contributed by atoms with Crippen molar-refractivity contribution in [1.29, 1.82) is 0 Å². The number of hydrogen-bond acceptors (Lipinski definition) is 8. The molecule has 1 saturated carbocycles. The monoisotopic (exact) mass is 1350 g/mol. The Morgan fingerprint density at radius 3 is 1.65 bits per heavy atom. The van der Waals surface area contributed by atoms with E-state index in [1.165, 1.54) is 19.3 Å². The number of allylic oxidation sites excluding steroid dienone is 3. The third-order valence-electron chi connectivity index (χ3n) is 8.81. The normalized spacial score (nSPS) is 15.0. The van der Waals surface area contributed by atoms with Gasteiger partial charge >= 0.3 is 60.2 Å². The summed E-state index contributed by atoms with van der Waals surface area (Å²) >= 11 is 30.6. The summed E-state index contributed by atoms with van der Waals surface area (Å²) in [5.74, 6) is 3.06. The van der Waals surface area contributed by atoms with Crippen LogP contribution in [0.15, 0.2) is 82.1 Å². The summed E-state index contributed by atoms with van der Waals surface area (Å²) < 4.78 is 40.2. The second kappa shape index (κ2) is 36.3. The summed E-state index contributed by atoms with van der Waals surface area (Å²) in [7, 11) is 19.0. The molecule has 0 bridgehead atoms. The molecule has 366 valence electrons. The number of nitrogens with two attached hydrogens (primary N) is 2. The molecule has 3 aromatic carbocycles. The van der Waals surface area contributed by atoms with Gasteiger partial charge in [-0.2, -0.15) is 0 Å². The third kappa shape index (κ3) is 26.0. The molecule has 0 radical (unpaired) electrons.